The van der Waals surface area contributed by atoms with Crippen LogP contribution in [0.3, 0.4) is 0 Å². The number of anilines is 1. The van der Waals surface area contributed by atoms with Crippen molar-refractivity contribution in [3.8, 4) is 5.69 Å². The van der Waals surface area contributed by atoms with Gasteiger partial charge in [0.25, 0.3) is 0 Å². The molecule has 0 saturated heterocycles. The number of amides is 1. The predicted molar refractivity (Wildman–Crippen MR) is 74.3 cm³/mol. The Morgan fingerprint density at radius 3 is 2.75 bits per heavy atom. The Bertz CT molecular complexity index is 627. The van der Waals surface area contributed by atoms with Crippen LogP contribution in [0.4, 0.5) is 5.69 Å². The Hall–Kier alpha value is -2.17. The second-order valence-corrected chi connectivity index (χ2v) is 5.78. The maximum atomic E-state index is 12.3. The lowest BCUT2D eigenvalue weighted by Crippen LogP contribution is -2.22. The highest BCUT2D eigenvalue weighted by molar-refractivity contribution is 5.94. The summed E-state index contributed by atoms with van der Waals surface area (Å²) in [7, 11) is 0. The zero-order valence-electron chi connectivity index (χ0n) is 11.1. The summed E-state index contributed by atoms with van der Waals surface area (Å²) < 4.78 is 1.67. The van der Waals surface area contributed by atoms with E-state index in [1.807, 2.05) is 24.3 Å². The first-order valence-electron chi connectivity index (χ1n) is 7.08. The third-order valence-electron chi connectivity index (χ3n) is 4.45. The Kier molecular flexibility index (Phi) is 2.58. The molecule has 2 fully saturated rings. The number of hydrogen-bond donors (Lipinski definition) is 1. The fourth-order valence-corrected chi connectivity index (χ4v) is 3.28. The lowest BCUT2D eigenvalue weighted by molar-refractivity contribution is -0.120. The summed E-state index contributed by atoms with van der Waals surface area (Å²) in [5, 5.41) is 10.9. The van der Waals surface area contributed by atoms with Gasteiger partial charge >= 0.3 is 0 Å². The first-order chi connectivity index (χ1) is 9.81. The fraction of sp³-hybridized carbons (Fsp3) is 0.400. The van der Waals surface area contributed by atoms with E-state index in [4.69, 9.17) is 0 Å². The fourth-order valence-electron chi connectivity index (χ4n) is 3.28. The van der Waals surface area contributed by atoms with E-state index in [9.17, 15) is 4.79 Å². The second kappa shape index (κ2) is 4.44. The lowest BCUT2D eigenvalue weighted by atomic mass is 10.0. The monoisotopic (exact) mass is 268 g/mol. The van der Waals surface area contributed by atoms with Gasteiger partial charge in [-0.05, 0) is 43.2 Å². The first kappa shape index (κ1) is 11.6. The Morgan fingerprint density at radius 2 is 2.00 bits per heavy atom. The third-order valence-corrected chi connectivity index (χ3v) is 4.45. The quantitative estimate of drug-likeness (QED) is 0.928. The van der Waals surface area contributed by atoms with Crippen molar-refractivity contribution in [3.05, 3.63) is 36.7 Å². The SMILES string of the molecule is O=C(Nc1ccccc1-n1ccnn1)C1CC2CC2C1. The van der Waals surface area contributed by atoms with Crippen LogP contribution in [-0.4, -0.2) is 20.9 Å². The van der Waals surface area contributed by atoms with Gasteiger partial charge in [-0.3, -0.25) is 4.79 Å². The summed E-state index contributed by atoms with van der Waals surface area (Å²) in [6, 6.07) is 7.68. The highest BCUT2D eigenvalue weighted by Crippen LogP contribution is 2.54. The van der Waals surface area contributed by atoms with Crippen molar-refractivity contribution in [2.75, 3.05) is 5.32 Å². The van der Waals surface area contributed by atoms with Crippen LogP contribution in [0, 0.1) is 17.8 Å². The van der Waals surface area contributed by atoms with Crippen LogP contribution < -0.4 is 5.32 Å². The summed E-state index contributed by atoms with van der Waals surface area (Å²) in [4.78, 5) is 12.3. The molecule has 2 aliphatic rings. The molecule has 20 heavy (non-hydrogen) atoms. The van der Waals surface area contributed by atoms with Crippen LogP contribution in [0.15, 0.2) is 36.7 Å². The van der Waals surface area contributed by atoms with Gasteiger partial charge in [0, 0.05) is 5.92 Å². The van der Waals surface area contributed by atoms with E-state index < -0.39 is 0 Å². The molecule has 0 bridgehead atoms. The molecule has 1 heterocycles. The van der Waals surface area contributed by atoms with Crippen molar-refractivity contribution < 1.29 is 4.79 Å². The minimum absolute atomic E-state index is 0.143. The molecule has 1 amide bonds. The van der Waals surface area contributed by atoms with Crippen LogP contribution in [0.5, 0.6) is 0 Å². The van der Waals surface area contributed by atoms with Gasteiger partial charge in [0.1, 0.15) is 0 Å². The largest absolute Gasteiger partial charge is 0.324 e. The molecule has 2 atom stereocenters. The average molecular weight is 268 g/mol. The van der Waals surface area contributed by atoms with E-state index in [0.29, 0.717) is 0 Å². The summed E-state index contributed by atoms with van der Waals surface area (Å²) in [6.07, 6.45) is 6.85. The molecule has 2 unspecified atom stereocenters. The maximum absolute atomic E-state index is 12.3. The number of nitrogens with zero attached hydrogens (tertiary/aromatic N) is 3. The van der Waals surface area contributed by atoms with Gasteiger partial charge in [0.2, 0.25) is 5.91 Å². The summed E-state index contributed by atoms with van der Waals surface area (Å²) in [5.41, 5.74) is 1.64. The van der Waals surface area contributed by atoms with Crippen molar-refractivity contribution in [1.29, 1.82) is 0 Å². The molecule has 0 spiro atoms. The highest BCUT2D eigenvalue weighted by atomic mass is 16.1. The molecule has 102 valence electrons. The summed E-state index contributed by atoms with van der Waals surface area (Å²) in [6.45, 7) is 0. The highest BCUT2D eigenvalue weighted by Gasteiger charge is 2.48. The minimum Gasteiger partial charge on any atom is -0.324 e. The van der Waals surface area contributed by atoms with Crippen LogP contribution in [-0.2, 0) is 4.79 Å². The number of carbonyl (C=O) groups excluding carboxylic acids is 1. The number of hydrogen-bond acceptors (Lipinski definition) is 3. The zero-order chi connectivity index (χ0) is 13.5. The van der Waals surface area contributed by atoms with Crippen molar-refractivity contribution in [3.63, 3.8) is 0 Å². The number of aromatic nitrogens is 3. The molecule has 1 aromatic carbocycles. The Morgan fingerprint density at radius 1 is 1.20 bits per heavy atom. The average Bonchev–Trinajstić information content (AvgIpc) is 2.91. The number of carbonyl (C=O) groups is 1. The number of fused-ring (bicyclic) bond motifs is 1. The number of benzene rings is 1. The smallest absolute Gasteiger partial charge is 0.227 e. The minimum atomic E-state index is 0.143. The van der Waals surface area contributed by atoms with Crippen LogP contribution in [0.2, 0.25) is 0 Å². The van der Waals surface area contributed by atoms with E-state index in [1.54, 1.807) is 17.1 Å². The van der Waals surface area contributed by atoms with Gasteiger partial charge < -0.3 is 5.32 Å². The molecule has 2 saturated carbocycles. The Labute approximate surface area is 117 Å². The van der Waals surface area contributed by atoms with E-state index in [1.165, 1.54) is 6.42 Å². The van der Waals surface area contributed by atoms with Gasteiger partial charge in [-0.15, -0.1) is 5.10 Å². The molecule has 0 aliphatic heterocycles. The molecular weight excluding hydrogens is 252 g/mol. The van der Waals surface area contributed by atoms with Crippen molar-refractivity contribution in [1.82, 2.24) is 15.0 Å². The third kappa shape index (κ3) is 1.99. The van der Waals surface area contributed by atoms with E-state index >= 15 is 0 Å². The van der Waals surface area contributed by atoms with Crippen LogP contribution in [0.1, 0.15) is 19.3 Å². The van der Waals surface area contributed by atoms with Gasteiger partial charge in [-0.2, -0.15) is 0 Å². The molecule has 4 rings (SSSR count). The number of nitrogens with one attached hydrogen (secondary N) is 1. The lowest BCUT2D eigenvalue weighted by Gasteiger charge is -2.14. The molecule has 2 aromatic rings. The summed E-state index contributed by atoms with van der Waals surface area (Å²) in [5.74, 6) is 1.96. The van der Waals surface area contributed by atoms with Crippen molar-refractivity contribution in [2.24, 2.45) is 17.8 Å². The van der Waals surface area contributed by atoms with Gasteiger partial charge in [-0.25, -0.2) is 4.68 Å². The van der Waals surface area contributed by atoms with Crippen molar-refractivity contribution >= 4 is 11.6 Å². The molecule has 1 aromatic heterocycles. The standard InChI is InChI=1S/C15H16N4O/c20-15(12-8-10-7-11(10)9-12)17-13-3-1-2-4-14(13)19-6-5-16-18-19/h1-6,10-12H,7-9H2,(H,17,20). The van der Waals surface area contributed by atoms with E-state index in [2.05, 4.69) is 15.6 Å². The van der Waals surface area contributed by atoms with Gasteiger partial charge in [0.05, 0.1) is 23.8 Å². The van der Waals surface area contributed by atoms with Gasteiger partial charge in [-0.1, -0.05) is 17.3 Å². The molecular formula is C15H16N4O. The maximum Gasteiger partial charge on any atom is 0.227 e. The summed E-state index contributed by atoms with van der Waals surface area (Å²) >= 11 is 0. The number of para-hydroxylation sites is 2. The molecule has 5 heteroatoms. The molecule has 0 radical (unpaired) electrons. The van der Waals surface area contributed by atoms with Crippen LogP contribution in [0.25, 0.3) is 5.69 Å². The van der Waals surface area contributed by atoms with Gasteiger partial charge in [0.15, 0.2) is 0 Å². The number of rotatable bonds is 3. The molecule has 2 aliphatic carbocycles. The van der Waals surface area contributed by atoms with Crippen LogP contribution >= 0.6 is 0 Å². The van der Waals surface area contributed by atoms with E-state index in [0.717, 1.165) is 36.1 Å². The van der Waals surface area contributed by atoms with E-state index in [-0.39, 0.29) is 11.8 Å². The first-order valence-corrected chi connectivity index (χ1v) is 7.08. The molecule has 1 N–H and O–H groups in total. The topological polar surface area (TPSA) is 59.8 Å². The Balaban J connectivity index is 1.55. The zero-order valence-corrected chi connectivity index (χ0v) is 11.1. The van der Waals surface area contributed by atoms with Crippen molar-refractivity contribution in [2.45, 2.75) is 19.3 Å². The normalized spacial score (nSPS) is 27.1. The predicted octanol–water partition coefficient (Wildman–Crippen LogP) is 2.25. The molecule has 5 nitrogen and oxygen atoms in total. The second-order valence-electron chi connectivity index (χ2n) is 5.78.